The van der Waals surface area contributed by atoms with Crippen LogP contribution < -0.4 is 5.32 Å². The number of furan rings is 1. The van der Waals surface area contributed by atoms with Gasteiger partial charge in [-0.25, -0.2) is 9.67 Å². The highest BCUT2D eigenvalue weighted by Gasteiger charge is 2.38. The van der Waals surface area contributed by atoms with Gasteiger partial charge in [-0.05, 0) is 48.7 Å². The summed E-state index contributed by atoms with van der Waals surface area (Å²) in [4.78, 5) is 22.7. The number of hydrogen-bond donors (Lipinski definition) is 1. The second-order valence-corrected chi connectivity index (χ2v) is 9.10. The molecule has 0 atom stereocenters. The fourth-order valence-corrected chi connectivity index (χ4v) is 4.87. The third kappa shape index (κ3) is 3.99. The molecule has 5 aromatic rings. The summed E-state index contributed by atoms with van der Waals surface area (Å²) in [7, 11) is 0. The van der Waals surface area contributed by atoms with Crippen molar-refractivity contribution in [3.05, 3.63) is 102 Å². The van der Waals surface area contributed by atoms with Gasteiger partial charge in [-0.15, -0.1) is 0 Å². The molecule has 7 heteroatoms. The van der Waals surface area contributed by atoms with Crippen LogP contribution in [0.5, 0.6) is 0 Å². The molecule has 0 saturated heterocycles. The van der Waals surface area contributed by atoms with Crippen LogP contribution in [0.1, 0.15) is 40.9 Å². The van der Waals surface area contributed by atoms with Gasteiger partial charge in [0, 0.05) is 29.9 Å². The van der Waals surface area contributed by atoms with Crippen molar-refractivity contribution in [3.8, 4) is 11.3 Å². The maximum Gasteiger partial charge on any atom is 0.252 e. The van der Waals surface area contributed by atoms with Crippen molar-refractivity contribution in [2.24, 2.45) is 0 Å². The SMILES string of the molecule is O=C(NCC1(c2ccccc2)CCC1)c1cc(-c2cccnc2)nc2c1cnn2Cc1ccco1. The predicted molar refractivity (Wildman–Crippen MR) is 133 cm³/mol. The molecule has 1 fully saturated rings. The van der Waals surface area contributed by atoms with Crippen LogP contribution in [0.3, 0.4) is 0 Å². The second-order valence-electron chi connectivity index (χ2n) is 9.10. The van der Waals surface area contributed by atoms with Gasteiger partial charge in [-0.1, -0.05) is 36.8 Å². The fourth-order valence-electron chi connectivity index (χ4n) is 4.87. The quantitative estimate of drug-likeness (QED) is 0.368. The molecule has 4 heterocycles. The van der Waals surface area contributed by atoms with E-state index in [-0.39, 0.29) is 11.3 Å². The number of amides is 1. The van der Waals surface area contributed by atoms with Crippen molar-refractivity contribution in [2.45, 2.75) is 31.2 Å². The Bertz CT molecular complexity index is 1460. The van der Waals surface area contributed by atoms with Crippen molar-refractivity contribution in [1.29, 1.82) is 0 Å². The summed E-state index contributed by atoms with van der Waals surface area (Å²) in [5.74, 6) is 0.645. The molecule has 4 aromatic heterocycles. The molecule has 7 nitrogen and oxygen atoms in total. The van der Waals surface area contributed by atoms with Crippen LogP contribution in [0.15, 0.2) is 89.9 Å². The van der Waals surface area contributed by atoms with Crippen LogP contribution >= 0.6 is 0 Å². The zero-order chi connectivity index (χ0) is 23.7. The van der Waals surface area contributed by atoms with E-state index in [1.54, 1.807) is 29.5 Å². The van der Waals surface area contributed by atoms with E-state index in [9.17, 15) is 4.79 Å². The summed E-state index contributed by atoms with van der Waals surface area (Å²) in [6.45, 7) is 1.03. The van der Waals surface area contributed by atoms with Crippen molar-refractivity contribution in [1.82, 2.24) is 25.1 Å². The minimum Gasteiger partial charge on any atom is -0.467 e. The van der Waals surface area contributed by atoms with Gasteiger partial charge in [-0.2, -0.15) is 5.10 Å². The average molecular weight is 464 g/mol. The lowest BCUT2D eigenvalue weighted by atomic mass is 9.64. The Morgan fingerprint density at radius 2 is 1.94 bits per heavy atom. The van der Waals surface area contributed by atoms with E-state index in [4.69, 9.17) is 9.40 Å². The van der Waals surface area contributed by atoms with Gasteiger partial charge < -0.3 is 9.73 Å². The highest BCUT2D eigenvalue weighted by molar-refractivity contribution is 6.06. The fraction of sp³-hybridized carbons (Fsp3) is 0.214. The normalized spacial score (nSPS) is 14.5. The molecule has 174 valence electrons. The number of nitrogens with one attached hydrogen (secondary N) is 1. The minimum atomic E-state index is -0.123. The van der Waals surface area contributed by atoms with Gasteiger partial charge in [0.2, 0.25) is 0 Å². The standard InChI is InChI=1S/C28H25N5O2/c34-27(30-19-28(11-6-12-28)21-8-2-1-3-9-21)23-15-25(20-7-4-13-29-16-20)32-26-24(23)17-31-33(26)18-22-10-5-14-35-22/h1-5,7-10,13-17H,6,11-12,18-19H2,(H,30,34). The molecule has 0 unspecified atom stereocenters. The topological polar surface area (TPSA) is 85.8 Å². The van der Waals surface area contributed by atoms with E-state index in [0.29, 0.717) is 35.4 Å². The van der Waals surface area contributed by atoms with Crippen molar-refractivity contribution in [2.75, 3.05) is 6.54 Å². The average Bonchev–Trinajstić information content (AvgIpc) is 3.54. The number of benzene rings is 1. The van der Waals surface area contributed by atoms with E-state index >= 15 is 0 Å². The highest BCUT2D eigenvalue weighted by Crippen LogP contribution is 2.43. The Kier molecular flexibility index (Phi) is 5.37. The number of aromatic nitrogens is 4. The number of rotatable bonds is 7. The predicted octanol–water partition coefficient (Wildman–Crippen LogP) is 4.99. The molecule has 0 radical (unpaired) electrons. The Morgan fingerprint density at radius 3 is 2.66 bits per heavy atom. The van der Waals surface area contributed by atoms with Crippen molar-refractivity contribution >= 4 is 16.9 Å². The molecule has 1 N–H and O–H groups in total. The highest BCUT2D eigenvalue weighted by atomic mass is 16.3. The summed E-state index contributed by atoms with van der Waals surface area (Å²) in [6.07, 6.45) is 10.1. The van der Waals surface area contributed by atoms with Crippen LogP contribution in [-0.2, 0) is 12.0 Å². The lowest BCUT2D eigenvalue weighted by Crippen LogP contribution is -2.45. The lowest BCUT2D eigenvalue weighted by Gasteiger charge is -2.42. The summed E-state index contributed by atoms with van der Waals surface area (Å²) in [5, 5.41) is 8.47. The van der Waals surface area contributed by atoms with E-state index in [1.807, 2.05) is 36.4 Å². The molecule has 0 bridgehead atoms. The number of carbonyl (C=O) groups excluding carboxylic acids is 1. The smallest absolute Gasteiger partial charge is 0.252 e. The van der Waals surface area contributed by atoms with Crippen LogP contribution in [0.2, 0.25) is 0 Å². The maximum absolute atomic E-state index is 13.6. The zero-order valence-corrected chi connectivity index (χ0v) is 19.2. The number of nitrogens with zero attached hydrogens (tertiary/aromatic N) is 4. The Labute approximate surface area is 202 Å². The number of hydrogen-bond acceptors (Lipinski definition) is 5. The summed E-state index contributed by atoms with van der Waals surface area (Å²) in [6, 6.07) is 19.9. The zero-order valence-electron chi connectivity index (χ0n) is 19.2. The van der Waals surface area contributed by atoms with E-state index in [0.717, 1.165) is 24.2 Å². The van der Waals surface area contributed by atoms with Crippen molar-refractivity contribution in [3.63, 3.8) is 0 Å². The molecule has 1 aromatic carbocycles. The first kappa shape index (κ1) is 21.3. The molecule has 0 aliphatic heterocycles. The molecular formula is C28H25N5O2. The van der Waals surface area contributed by atoms with Gasteiger partial charge in [0.1, 0.15) is 12.3 Å². The number of pyridine rings is 2. The molecule has 1 aliphatic rings. The molecule has 35 heavy (non-hydrogen) atoms. The molecular weight excluding hydrogens is 438 g/mol. The molecule has 0 spiro atoms. The molecule has 1 amide bonds. The number of fused-ring (bicyclic) bond motifs is 1. The van der Waals surface area contributed by atoms with Crippen LogP contribution in [0.25, 0.3) is 22.3 Å². The molecule has 1 saturated carbocycles. The Hall–Kier alpha value is -4.26. The summed E-state index contributed by atoms with van der Waals surface area (Å²) >= 11 is 0. The van der Waals surface area contributed by atoms with E-state index in [2.05, 4.69) is 39.7 Å². The van der Waals surface area contributed by atoms with Gasteiger partial charge >= 0.3 is 0 Å². The number of carbonyl (C=O) groups is 1. The summed E-state index contributed by atoms with van der Waals surface area (Å²) < 4.78 is 7.27. The van der Waals surface area contributed by atoms with Crippen molar-refractivity contribution < 1.29 is 9.21 Å². The molecule has 1 aliphatic carbocycles. The largest absolute Gasteiger partial charge is 0.467 e. The Balaban J connectivity index is 1.36. The monoisotopic (exact) mass is 463 g/mol. The van der Waals surface area contributed by atoms with Gasteiger partial charge in [0.25, 0.3) is 5.91 Å². The van der Waals surface area contributed by atoms with E-state index in [1.165, 1.54) is 12.0 Å². The second kappa shape index (κ2) is 8.83. The van der Waals surface area contributed by atoms with Gasteiger partial charge in [0.15, 0.2) is 5.65 Å². The maximum atomic E-state index is 13.6. The van der Waals surface area contributed by atoms with Crippen LogP contribution in [0.4, 0.5) is 0 Å². The molecule has 6 rings (SSSR count). The first-order valence-corrected chi connectivity index (χ1v) is 11.8. The third-order valence-electron chi connectivity index (χ3n) is 6.98. The van der Waals surface area contributed by atoms with Gasteiger partial charge in [0.05, 0.1) is 29.1 Å². The third-order valence-corrected chi connectivity index (χ3v) is 6.98. The van der Waals surface area contributed by atoms with E-state index < -0.39 is 0 Å². The lowest BCUT2D eigenvalue weighted by molar-refractivity contribution is 0.0929. The first-order chi connectivity index (χ1) is 17.2. The first-order valence-electron chi connectivity index (χ1n) is 11.8. The van der Waals surface area contributed by atoms with Crippen LogP contribution in [0, 0.1) is 0 Å². The summed E-state index contributed by atoms with van der Waals surface area (Å²) in [5.41, 5.74) is 4.00. The Morgan fingerprint density at radius 1 is 1.06 bits per heavy atom. The van der Waals surface area contributed by atoms with Crippen LogP contribution in [-0.4, -0.2) is 32.2 Å². The minimum absolute atomic E-state index is 0.00128. The van der Waals surface area contributed by atoms with Gasteiger partial charge in [-0.3, -0.25) is 9.78 Å².